The van der Waals surface area contributed by atoms with Gasteiger partial charge in [0.15, 0.2) is 0 Å². The third-order valence-electron chi connectivity index (χ3n) is 8.98. The summed E-state index contributed by atoms with van der Waals surface area (Å²) in [5, 5.41) is 0. The highest BCUT2D eigenvalue weighted by Gasteiger charge is 2.60. The number of rotatable bonds is 2. The first kappa shape index (κ1) is 18.9. The van der Waals surface area contributed by atoms with Crippen LogP contribution in [0.4, 0.5) is 0 Å². The molecule has 0 heterocycles. The predicted octanol–water partition coefficient (Wildman–Crippen LogP) is 6.43. The number of aryl methyl sites for hydroxylation is 1. The van der Waals surface area contributed by atoms with E-state index in [2.05, 4.69) is 56.3 Å². The van der Waals surface area contributed by atoms with Crippen LogP contribution in [0.5, 0.6) is 5.75 Å². The lowest BCUT2D eigenvalue weighted by atomic mass is 9.50. The summed E-state index contributed by atoms with van der Waals surface area (Å²) in [5.74, 6) is 2.71. The second-order valence-corrected chi connectivity index (χ2v) is 10.1. The van der Waals surface area contributed by atoms with Crippen molar-refractivity contribution in [1.82, 2.24) is 0 Å². The van der Waals surface area contributed by atoms with E-state index >= 15 is 0 Å². The van der Waals surface area contributed by atoms with Crippen LogP contribution in [0.3, 0.4) is 0 Å². The third kappa shape index (κ3) is 2.79. The van der Waals surface area contributed by atoms with Gasteiger partial charge in [0.05, 0.1) is 0 Å². The zero-order chi connectivity index (χ0) is 20.2. The molecule has 29 heavy (non-hydrogen) atoms. The van der Waals surface area contributed by atoms with Crippen molar-refractivity contribution in [2.24, 2.45) is 17.3 Å². The number of benzene rings is 2. The van der Waals surface area contributed by atoms with E-state index in [0.717, 1.165) is 18.3 Å². The van der Waals surface area contributed by atoms with Crippen molar-refractivity contribution in [3.05, 3.63) is 65.2 Å². The summed E-state index contributed by atoms with van der Waals surface area (Å²) < 4.78 is 5.34. The molecule has 5 atom stereocenters. The number of hydrogen-bond donors (Lipinski definition) is 0. The fraction of sp³-hybridized carbons (Fsp3) is 0.519. The topological polar surface area (TPSA) is 26.3 Å². The highest BCUT2D eigenvalue weighted by Crippen LogP contribution is 2.67. The molecule has 0 amide bonds. The zero-order valence-corrected chi connectivity index (χ0v) is 17.9. The highest BCUT2D eigenvalue weighted by atomic mass is 16.5. The van der Waals surface area contributed by atoms with Crippen LogP contribution < -0.4 is 4.74 Å². The normalized spacial score (nSPS) is 35.3. The van der Waals surface area contributed by atoms with Crippen molar-refractivity contribution in [2.75, 3.05) is 0 Å². The molecule has 3 aliphatic carbocycles. The molecule has 5 rings (SSSR count). The Morgan fingerprint density at radius 3 is 2.55 bits per heavy atom. The van der Waals surface area contributed by atoms with Gasteiger partial charge in [0.1, 0.15) is 5.75 Å². The number of hydrogen-bond acceptors (Lipinski definition) is 2. The smallest absolute Gasteiger partial charge is 0.308 e. The Labute approximate surface area is 174 Å². The van der Waals surface area contributed by atoms with Gasteiger partial charge < -0.3 is 4.74 Å². The zero-order valence-electron chi connectivity index (χ0n) is 17.9. The van der Waals surface area contributed by atoms with E-state index in [-0.39, 0.29) is 11.4 Å². The number of ether oxygens (including phenoxy) is 1. The lowest BCUT2D eigenvalue weighted by Gasteiger charge is -2.54. The van der Waals surface area contributed by atoms with Crippen molar-refractivity contribution in [3.63, 3.8) is 0 Å². The van der Waals surface area contributed by atoms with Gasteiger partial charge >= 0.3 is 5.97 Å². The first-order valence-corrected chi connectivity index (χ1v) is 11.3. The van der Waals surface area contributed by atoms with E-state index in [4.69, 9.17) is 4.74 Å². The SMILES string of the molecule is CC(=O)Oc1ccc2c(c1)CC[C@@H]1[C@@H]2CC[C@@]2(C)[C@H]1CC[C@]2(C)c1ccccc1. The van der Waals surface area contributed by atoms with Gasteiger partial charge in [-0.05, 0) is 95.9 Å². The molecule has 2 aromatic carbocycles. The van der Waals surface area contributed by atoms with Crippen molar-refractivity contribution in [3.8, 4) is 5.75 Å². The fourth-order valence-electron chi connectivity index (χ4n) is 7.34. The Balaban J connectivity index is 1.46. The van der Waals surface area contributed by atoms with E-state index < -0.39 is 0 Å². The maximum absolute atomic E-state index is 11.3. The van der Waals surface area contributed by atoms with Crippen LogP contribution in [0.1, 0.15) is 75.5 Å². The Morgan fingerprint density at radius 2 is 1.79 bits per heavy atom. The molecule has 2 fully saturated rings. The number of carbonyl (C=O) groups is 1. The molecule has 2 saturated carbocycles. The van der Waals surface area contributed by atoms with Gasteiger partial charge in [0.2, 0.25) is 0 Å². The highest BCUT2D eigenvalue weighted by molar-refractivity contribution is 5.69. The minimum Gasteiger partial charge on any atom is -0.427 e. The molecule has 0 radical (unpaired) electrons. The van der Waals surface area contributed by atoms with Crippen LogP contribution in [0.15, 0.2) is 48.5 Å². The maximum atomic E-state index is 11.3. The van der Waals surface area contributed by atoms with Crippen LogP contribution >= 0.6 is 0 Å². The van der Waals surface area contributed by atoms with Crippen LogP contribution in [0.2, 0.25) is 0 Å². The van der Waals surface area contributed by atoms with E-state index in [1.807, 2.05) is 6.07 Å². The molecule has 0 unspecified atom stereocenters. The molecule has 152 valence electrons. The van der Waals surface area contributed by atoms with E-state index in [9.17, 15) is 4.79 Å². The summed E-state index contributed by atoms with van der Waals surface area (Å²) in [7, 11) is 0. The summed E-state index contributed by atoms with van der Waals surface area (Å²) in [4.78, 5) is 11.3. The van der Waals surface area contributed by atoms with Crippen LogP contribution in [0, 0.1) is 17.3 Å². The van der Waals surface area contributed by atoms with Crippen LogP contribution in [0.25, 0.3) is 0 Å². The Morgan fingerprint density at radius 1 is 1.00 bits per heavy atom. The van der Waals surface area contributed by atoms with Crippen molar-refractivity contribution < 1.29 is 9.53 Å². The monoisotopic (exact) mass is 388 g/mol. The van der Waals surface area contributed by atoms with Crippen molar-refractivity contribution in [1.29, 1.82) is 0 Å². The predicted molar refractivity (Wildman–Crippen MR) is 116 cm³/mol. The van der Waals surface area contributed by atoms with Gasteiger partial charge in [-0.1, -0.05) is 50.2 Å². The van der Waals surface area contributed by atoms with Crippen LogP contribution in [-0.4, -0.2) is 5.97 Å². The Hall–Kier alpha value is -2.09. The molecular formula is C27H32O2. The summed E-state index contributed by atoms with van der Waals surface area (Å²) in [6.07, 6.45) is 7.62. The van der Waals surface area contributed by atoms with Gasteiger partial charge in [0.25, 0.3) is 0 Å². The molecule has 0 spiro atoms. The van der Waals surface area contributed by atoms with E-state index in [1.54, 1.807) is 0 Å². The Bertz CT molecular complexity index is 933. The minimum atomic E-state index is -0.238. The largest absolute Gasteiger partial charge is 0.427 e. The summed E-state index contributed by atoms with van der Waals surface area (Å²) in [5.41, 5.74) is 5.12. The molecule has 0 saturated heterocycles. The summed E-state index contributed by atoms with van der Waals surface area (Å²) in [6.45, 7) is 6.60. The van der Waals surface area contributed by atoms with Crippen molar-refractivity contribution in [2.45, 2.75) is 70.6 Å². The quantitative estimate of drug-likeness (QED) is 0.438. The number of fused-ring (bicyclic) bond motifs is 5. The molecular weight excluding hydrogens is 356 g/mol. The third-order valence-corrected chi connectivity index (χ3v) is 8.98. The molecule has 2 aromatic rings. The molecule has 0 bridgehead atoms. The first-order valence-electron chi connectivity index (χ1n) is 11.3. The molecule has 0 aromatic heterocycles. The Kier molecular flexibility index (Phi) is 4.38. The van der Waals surface area contributed by atoms with Gasteiger partial charge in [0, 0.05) is 6.92 Å². The van der Waals surface area contributed by atoms with E-state index in [0.29, 0.717) is 17.1 Å². The standard InChI is InChI=1S/C27H32O2/c1-18(28)29-21-10-12-22-19(17-21)9-11-24-23(22)13-15-27(3)25(24)14-16-26(27,2)20-7-5-4-6-8-20/h4-8,10,12,17,23-25H,9,11,13-16H2,1-3H3/t23-,24-,25+,26-,27+/m1/s1. The number of esters is 1. The van der Waals surface area contributed by atoms with Gasteiger partial charge in [-0.25, -0.2) is 0 Å². The van der Waals surface area contributed by atoms with E-state index in [1.165, 1.54) is 55.7 Å². The average molecular weight is 389 g/mol. The van der Waals surface area contributed by atoms with Crippen molar-refractivity contribution >= 4 is 5.97 Å². The lowest BCUT2D eigenvalue weighted by molar-refractivity contribution is -0.131. The molecule has 3 aliphatic rings. The second-order valence-electron chi connectivity index (χ2n) is 10.1. The number of carbonyl (C=O) groups excluding carboxylic acids is 1. The molecule has 0 N–H and O–H groups in total. The van der Waals surface area contributed by atoms with Gasteiger partial charge in [-0.15, -0.1) is 0 Å². The summed E-state index contributed by atoms with van der Waals surface area (Å²) in [6, 6.07) is 17.6. The summed E-state index contributed by atoms with van der Waals surface area (Å²) >= 11 is 0. The van der Waals surface area contributed by atoms with Gasteiger partial charge in [-0.3, -0.25) is 4.79 Å². The lowest BCUT2D eigenvalue weighted by Crippen LogP contribution is -2.47. The fourth-order valence-corrected chi connectivity index (χ4v) is 7.34. The maximum Gasteiger partial charge on any atom is 0.308 e. The first-order chi connectivity index (χ1) is 13.9. The van der Waals surface area contributed by atoms with Crippen LogP contribution in [-0.2, 0) is 16.6 Å². The molecule has 2 heteroatoms. The minimum absolute atomic E-state index is 0.238. The average Bonchev–Trinajstić information content (AvgIpc) is 3.00. The molecule has 0 aliphatic heterocycles. The van der Waals surface area contributed by atoms with Gasteiger partial charge in [-0.2, -0.15) is 0 Å². The molecule has 2 nitrogen and oxygen atoms in total. The second kappa shape index (κ2) is 6.72.